The molecular weight excluding hydrogens is 603 g/mol. The first-order valence-corrected chi connectivity index (χ1v) is 15.4. The normalized spacial score (nSPS) is 12.0. The quantitative estimate of drug-likeness (QED) is 0.190. The number of nitro groups is 1. The third kappa shape index (κ3) is 8.21. The monoisotopic (exact) mass is 634 g/mol. The molecule has 224 valence electrons. The third-order valence-corrected chi connectivity index (χ3v) is 8.89. The maximum atomic E-state index is 14.1. The average Bonchev–Trinajstić information content (AvgIpc) is 2.96. The number of carbonyl (C=O) groups is 2. The summed E-state index contributed by atoms with van der Waals surface area (Å²) in [5.41, 5.74) is 0.390. The zero-order valence-corrected chi connectivity index (χ0v) is 25.7. The van der Waals surface area contributed by atoms with Gasteiger partial charge >= 0.3 is 0 Å². The maximum absolute atomic E-state index is 14.1. The van der Waals surface area contributed by atoms with E-state index in [9.17, 15) is 28.1 Å². The van der Waals surface area contributed by atoms with E-state index in [1.807, 2.05) is 13.8 Å². The van der Waals surface area contributed by atoms with Crippen LogP contribution < -0.4 is 9.62 Å². The molecule has 0 aliphatic carbocycles. The second kappa shape index (κ2) is 14.5. The molecule has 0 spiro atoms. The Morgan fingerprint density at radius 1 is 0.976 bits per heavy atom. The van der Waals surface area contributed by atoms with Crippen LogP contribution in [0.1, 0.15) is 32.8 Å². The van der Waals surface area contributed by atoms with Crippen LogP contribution in [-0.4, -0.2) is 49.2 Å². The first kappa shape index (κ1) is 32.8. The summed E-state index contributed by atoms with van der Waals surface area (Å²) in [4.78, 5) is 39.2. The molecule has 0 aromatic heterocycles. The molecule has 1 N–H and O–H groups in total. The summed E-state index contributed by atoms with van der Waals surface area (Å²) in [6, 6.07) is 16.3. The lowest BCUT2D eigenvalue weighted by molar-refractivity contribution is -0.384. The van der Waals surface area contributed by atoms with Crippen molar-refractivity contribution in [2.75, 3.05) is 17.4 Å². The molecule has 0 fully saturated rings. The van der Waals surface area contributed by atoms with Crippen molar-refractivity contribution in [2.24, 2.45) is 5.92 Å². The Kier molecular flexibility index (Phi) is 11.3. The van der Waals surface area contributed by atoms with Crippen molar-refractivity contribution >= 4 is 56.4 Å². The van der Waals surface area contributed by atoms with E-state index in [1.54, 1.807) is 43.3 Å². The minimum Gasteiger partial charge on any atom is -0.354 e. The lowest BCUT2D eigenvalue weighted by atomic mass is 10.1. The van der Waals surface area contributed by atoms with Gasteiger partial charge in [0.15, 0.2) is 0 Å². The first-order chi connectivity index (χ1) is 19.8. The highest BCUT2D eigenvalue weighted by Gasteiger charge is 2.34. The molecule has 0 saturated carbocycles. The summed E-state index contributed by atoms with van der Waals surface area (Å²) in [5, 5.41) is 14.6. The second-order valence-corrected chi connectivity index (χ2v) is 12.6. The molecule has 3 aromatic carbocycles. The van der Waals surface area contributed by atoms with Crippen molar-refractivity contribution in [1.29, 1.82) is 0 Å². The van der Waals surface area contributed by atoms with Gasteiger partial charge in [0.1, 0.15) is 12.6 Å². The van der Waals surface area contributed by atoms with Crippen molar-refractivity contribution in [3.8, 4) is 0 Å². The average molecular weight is 636 g/mol. The SMILES string of the molecule is CC[C@@H](C(=O)NCC(C)C)N(Cc1ccc(Cl)c(Cl)c1)C(=O)CN(c1ccc([N+](=O)[O-])cc1)S(=O)(=O)c1ccccc1. The van der Waals surface area contributed by atoms with Crippen LogP contribution >= 0.6 is 23.2 Å². The van der Waals surface area contributed by atoms with Gasteiger partial charge in [-0.1, -0.05) is 68.2 Å². The van der Waals surface area contributed by atoms with Crippen LogP contribution in [-0.2, 0) is 26.2 Å². The number of anilines is 1. The van der Waals surface area contributed by atoms with E-state index in [0.717, 1.165) is 16.4 Å². The number of hydrogen-bond acceptors (Lipinski definition) is 6. The minimum atomic E-state index is -4.30. The molecule has 0 saturated heterocycles. The molecule has 0 unspecified atom stereocenters. The third-order valence-electron chi connectivity index (χ3n) is 6.37. The van der Waals surface area contributed by atoms with E-state index < -0.39 is 33.4 Å². The Hall–Kier alpha value is -3.67. The van der Waals surface area contributed by atoms with Crippen LogP contribution in [0.15, 0.2) is 77.7 Å². The van der Waals surface area contributed by atoms with Crippen LogP contribution in [0, 0.1) is 16.0 Å². The van der Waals surface area contributed by atoms with Crippen molar-refractivity contribution in [1.82, 2.24) is 10.2 Å². The molecule has 2 amide bonds. The van der Waals surface area contributed by atoms with Crippen LogP contribution in [0.3, 0.4) is 0 Å². The van der Waals surface area contributed by atoms with Gasteiger partial charge in [-0.05, 0) is 54.3 Å². The first-order valence-electron chi connectivity index (χ1n) is 13.2. The van der Waals surface area contributed by atoms with Gasteiger partial charge in [0, 0.05) is 25.2 Å². The molecule has 0 aliphatic rings. The number of carbonyl (C=O) groups excluding carboxylic acids is 2. The standard InChI is InChI=1S/C29H32Cl2N4O6S/c1-4-27(29(37)32-17-20(2)3)33(18-21-10-15-25(30)26(31)16-21)28(36)19-34(22-11-13-23(14-12-22)35(38)39)42(40,41)24-8-6-5-7-9-24/h5-16,20,27H,4,17-19H2,1-3H3,(H,32,37)/t27-/m0/s1. The highest BCUT2D eigenvalue weighted by molar-refractivity contribution is 7.92. The van der Waals surface area contributed by atoms with Gasteiger partial charge in [-0.15, -0.1) is 0 Å². The largest absolute Gasteiger partial charge is 0.354 e. The number of halogens is 2. The Morgan fingerprint density at radius 2 is 1.62 bits per heavy atom. The smallest absolute Gasteiger partial charge is 0.269 e. The fraction of sp³-hybridized carbons (Fsp3) is 0.310. The van der Waals surface area contributed by atoms with Gasteiger partial charge in [-0.25, -0.2) is 8.42 Å². The van der Waals surface area contributed by atoms with Crippen molar-refractivity contribution in [2.45, 2.75) is 44.7 Å². The van der Waals surface area contributed by atoms with Crippen molar-refractivity contribution < 1.29 is 22.9 Å². The van der Waals surface area contributed by atoms with Gasteiger partial charge in [0.05, 0.1) is 25.6 Å². The number of benzene rings is 3. The zero-order chi connectivity index (χ0) is 31.0. The molecule has 1 atom stereocenters. The summed E-state index contributed by atoms with van der Waals surface area (Å²) in [6.07, 6.45) is 0.250. The van der Waals surface area contributed by atoms with E-state index in [-0.39, 0.29) is 46.1 Å². The van der Waals surface area contributed by atoms with E-state index in [1.165, 1.54) is 29.2 Å². The van der Waals surface area contributed by atoms with Gasteiger partial charge in [-0.2, -0.15) is 0 Å². The summed E-state index contributed by atoms with van der Waals surface area (Å²) in [6.45, 7) is 5.30. The van der Waals surface area contributed by atoms with Crippen molar-refractivity contribution in [3.05, 3.63) is 98.5 Å². The highest BCUT2D eigenvalue weighted by Crippen LogP contribution is 2.28. The van der Waals surface area contributed by atoms with Crippen LogP contribution in [0.4, 0.5) is 11.4 Å². The summed E-state index contributed by atoms with van der Waals surface area (Å²) in [5.74, 6) is -0.878. The molecule has 3 aromatic rings. The number of hydrogen-bond donors (Lipinski definition) is 1. The Bertz CT molecular complexity index is 1520. The molecule has 0 bridgehead atoms. The number of nitrogens with zero attached hydrogens (tertiary/aromatic N) is 3. The Morgan fingerprint density at radius 3 is 2.17 bits per heavy atom. The zero-order valence-electron chi connectivity index (χ0n) is 23.4. The Labute approximate surface area is 255 Å². The number of amides is 2. The van der Waals surface area contributed by atoms with Gasteiger partial charge in [0.25, 0.3) is 15.7 Å². The molecule has 0 aliphatic heterocycles. The highest BCUT2D eigenvalue weighted by atomic mass is 35.5. The number of nitrogens with one attached hydrogen (secondary N) is 1. The van der Waals surface area contributed by atoms with Gasteiger partial charge in [0.2, 0.25) is 11.8 Å². The second-order valence-electron chi connectivity index (χ2n) is 9.93. The topological polar surface area (TPSA) is 130 Å². The lowest BCUT2D eigenvalue weighted by Crippen LogP contribution is -2.52. The molecule has 3 rings (SSSR count). The predicted octanol–water partition coefficient (Wildman–Crippen LogP) is 5.68. The summed E-state index contributed by atoms with van der Waals surface area (Å²) >= 11 is 12.3. The molecule has 13 heteroatoms. The Balaban J connectivity index is 2.07. The van der Waals surface area contributed by atoms with Gasteiger partial charge in [-0.3, -0.25) is 24.0 Å². The van der Waals surface area contributed by atoms with E-state index >= 15 is 0 Å². The predicted molar refractivity (Wildman–Crippen MR) is 163 cm³/mol. The van der Waals surface area contributed by atoms with E-state index in [2.05, 4.69) is 5.32 Å². The van der Waals surface area contributed by atoms with E-state index in [4.69, 9.17) is 23.2 Å². The minimum absolute atomic E-state index is 0.0459. The van der Waals surface area contributed by atoms with Crippen LogP contribution in [0.25, 0.3) is 0 Å². The molecule has 10 nitrogen and oxygen atoms in total. The van der Waals surface area contributed by atoms with Crippen LogP contribution in [0.2, 0.25) is 10.0 Å². The van der Waals surface area contributed by atoms with Gasteiger partial charge < -0.3 is 10.2 Å². The van der Waals surface area contributed by atoms with Crippen LogP contribution in [0.5, 0.6) is 0 Å². The van der Waals surface area contributed by atoms with E-state index in [0.29, 0.717) is 17.1 Å². The fourth-order valence-electron chi connectivity index (χ4n) is 4.17. The summed E-state index contributed by atoms with van der Waals surface area (Å²) in [7, 11) is -4.30. The fourth-order valence-corrected chi connectivity index (χ4v) is 5.92. The number of sulfonamides is 1. The number of rotatable bonds is 13. The molecule has 42 heavy (non-hydrogen) atoms. The molecule has 0 heterocycles. The maximum Gasteiger partial charge on any atom is 0.269 e. The van der Waals surface area contributed by atoms with Crippen molar-refractivity contribution in [3.63, 3.8) is 0 Å². The number of nitro benzene ring substituents is 1. The summed E-state index contributed by atoms with van der Waals surface area (Å²) < 4.78 is 28.5. The lowest BCUT2D eigenvalue weighted by Gasteiger charge is -2.33. The molecule has 0 radical (unpaired) electrons. The number of non-ortho nitro benzene ring substituents is 1. The molecular formula is C29H32Cl2N4O6S.